The molecule has 0 radical (unpaired) electrons. The maximum absolute atomic E-state index is 12.5. The van der Waals surface area contributed by atoms with E-state index in [1.807, 2.05) is 0 Å². The minimum Gasteiger partial charge on any atom is -0.324 e. The van der Waals surface area contributed by atoms with Crippen LogP contribution in [0.25, 0.3) is 0 Å². The van der Waals surface area contributed by atoms with Crippen LogP contribution in [0.3, 0.4) is 0 Å². The van der Waals surface area contributed by atoms with Crippen molar-refractivity contribution in [2.24, 2.45) is 5.92 Å². The average Bonchev–Trinajstić information content (AvgIpc) is 3.01. The second kappa shape index (κ2) is 7.54. The molecule has 0 aliphatic carbocycles. The molecule has 1 aliphatic heterocycles. The molecule has 140 valence electrons. The van der Waals surface area contributed by atoms with Gasteiger partial charge in [-0.1, -0.05) is 35.3 Å². The molecule has 1 saturated heterocycles. The Morgan fingerprint density at radius 2 is 2.04 bits per heavy atom. The third kappa shape index (κ3) is 3.89. The van der Waals surface area contributed by atoms with Gasteiger partial charge in [0.2, 0.25) is 11.8 Å². The third-order valence-corrected chi connectivity index (χ3v) is 5.23. The van der Waals surface area contributed by atoms with Gasteiger partial charge in [0.1, 0.15) is 0 Å². The minimum atomic E-state index is -0.604. The molecule has 9 heteroatoms. The molecule has 2 aromatic rings. The van der Waals surface area contributed by atoms with Crippen molar-refractivity contribution in [1.82, 2.24) is 0 Å². The zero-order valence-corrected chi connectivity index (χ0v) is 15.8. The fourth-order valence-corrected chi connectivity index (χ4v) is 3.28. The maximum atomic E-state index is 12.5. The number of nitrogens with zero attached hydrogens (tertiary/aromatic N) is 2. The molecule has 0 spiro atoms. The first-order chi connectivity index (χ1) is 12.8. The summed E-state index contributed by atoms with van der Waals surface area (Å²) in [7, 11) is 0. The maximum Gasteiger partial charge on any atom is 0.274 e. The van der Waals surface area contributed by atoms with Gasteiger partial charge in [0.05, 0.1) is 32.3 Å². The molecule has 0 unspecified atom stereocenters. The second-order valence-electron chi connectivity index (χ2n) is 6.22. The van der Waals surface area contributed by atoms with Crippen molar-refractivity contribution >= 4 is 52.1 Å². The van der Waals surface area contributed by atoms with Crippen molar-refractivity contribution in [2.75, 3.05) is 16.8 Å². The summed E-state index contributed by atoms with van der Waals surface area (Å²) in [5, 5.41) is 14.3. The molecule has 0 saturated carbocycles. The van der Waals surface area contributed by atoms with Gasteiger partial charge in [-0.2, -0.15) is 0 Å². The lowest BCUT2D eigenvalue weighted by molar-refractivity contribution is -0.385. The van der Waals surface area contributed by atoms with Gasteiger partial charge in [-0.05, 0) is 25.1 Å². The summed E-state index contributed by atoms with van der Waals surface area (Å²) in [5.41, 5.74) is 1.19. The van der Waals surface area contributed by atoms with Gasteiger partial charge >= 0.3 is 0 Å². The fourth-order valence-electron chi connectivity index (χ4n) is 2.93. The van der Waals surface area contributed by atoms with Crippen LogP contribution in [-0.4, -0.2) is 23.3 Å². The highest BCUT2D eigenvalue weighted by atomic mass is 35.5. The number of anilines is 2. The molecular weight excluding hydrogens is 393 g/mol. The monoisotopic (exact) mass is 407 g/mol. The van der Waals surface area contributed by atoms with Crippen LogP contribution in [0.5, 0.6) is 0 Å². The van der Waals surface area contributed by atoms with Gasteiger partial charge in [-0.15, -0.1) is 0 Å². The van der Waals surface area contributed by atoms with Crippen molar-refractivity contribution in [3.8, 4) is 0 Å². The Labute approximate surface area is 165 Å². The van der Waals surface area contributed by atoms with Crippen molar-refractivity contribution in [2.45, 2.75) is 13.3 Å². The molecule has 3 rings (SSSR count). The van der Waals surface area contributed by atoms with Crippen LogP contribution in [0.4, 0.5) is 17.1 Å². The lowest BCUT2D eigenvalue weighted by Gasteiger charge is -2.17. The van der Waals surface area contributed by atoms with Crippen molar-refractivity contribution in [3.63, 3.8) is 0 Å². The first-order valence-corrected chi connectivity index (χ1v) is 8.84. The van der Waals surface area contributed by atoms with E-state index in [1.165, 1.54) is 11.0 Å². The lowest BCUT2D eigenvalue weighted by atomic mass is 10.1. The van der Waals surface area contributed by atoms with Gasteiger partial charge < -0.3 is 10.2 Å². The topological polar surface area (TPSA) is 92.6 Å². The van der Waals surface area contributed by atoms with Crippen molar-refractivity contribution in [1.29, 1.82) is 0 Å². The van der Waals surface area contributed by atoms with Crippen LogP contribution in [0.2, 0.25) is 10.0 Å². The lowest BCUT2D eigenvalue weighted by Crippen LogP contribution is -2.28. The fraction of sp³-hybridized carbons (Fsp3) is 0.222. The number of benzene rings is 2. The van der Waals surface area contributed by atoms with E-state index in [0.717, 1.165) is 0 Å². The number of aryl methyl sites for hydroxylation is 1. The standard InChI is InChI=1S/C18H15Cl2N3O4/c1-10-5-6-12(8-15(10)23(26)27)22-9-11(7-16(22)24)18(25)21-14-4-2-3-13(19)17(14)20/h2-6,8,11H,7,9H2,1H3,(H,21,25)/t11-/m0/s1. The van der Waals surface area contributed by atoms with E-state index in [4.69, 9.17) is 23.2 Å². The van der Waals surface area contributed by atoms with Crippen LogP contribution in [0.1, 0.15) is 12.0 Å². The zero-order chi connectivity index (χ0) is 19.7. The molecule has 0 bridgehead atoms. The smallest absolute Gasteiger partial charge is 0.274 e. The molecule has 1 aliphatic rings. The Kier molecular flexibility index (Phi) is 5.34. The number of amides is 2. The zero-order valence-electron chi connectivity index (χ0n) is 14.2. The molecule has 2 aromatic carbocycles. The largest absolute Gasteiger partial charge is 0.324 e. The summed E-state index contributed by atoms with van der Waals surface area (Å²) in [6.07, 6.45) is 0.00565. The summed E-state index contributed by atoms with van der Waals surface area (Å²) >= 11 is 12.0. The molecule has 0 aromatic heterocycles. The van der Waals surface area contributed by atoms with E-state index in [9.17, 15) is 19.7 Å². The summed E-state index contributed by atoms with van der Waals surface area (Å²) in [4.78, 5) is 36.9. The quantitative estimate of drug-likeness (QED) is 0.606. The number of carbonyl (C=O) groups excluding carboxylic acids is 2. The number of rotatable bonds is 4. The molecule has 1 fully saturated rings. The number of nitro benzene ring substituents is 1. The molecule has 1 N–H and O–H groups in total. The van der Waals surface area contributed by atoms with Gasteiger partial charge in [-0.3, -0.25) is 19.7 Å². The number of nitrogens with one attached hydrogen (secondary N) is 1. The first kappa shape index (κ1) is 19.1. The highest BCUT2D eigenvalue weighted by Crippen LogP contribution is 2.32. The molecule has 27 heavy (non-hydrogen) atoms. The van der Waals surface area contributed by atoms with E-state index >= 15 is 0 Å². The van der Waals surface area contributed by atoms with Crippen LogP contribution in [-0.2, 0) is 9.59 Å². The Bertz CT molecular complexity index is 948. The predicted octanol–water partition coefficient (Wildman–Crippen LogP) is 4.20. The number of hydrogen-bond acceptors (Lipinski definition) is 4. The number of hydrogen-bond donors (Lipinski definition) is 1. The van der Waals surface area contributed by atoms with E-state index < -0.39 is 10.8 Å². The van der Waals surface area contributed by atoms with E-state index in [2.05, 4.69) is 5.32 Å². The van der Waals surface area contributed by atoms with Crippen LogP contribution >= 0.6 is 23.2 Å². The summed E-state index contributed by atoms with van der Waals surface area (Å²) in [5.74, 6) is -1.24. The number of halogens is 2. The molecule has 1 atom stereocenters. The minimum absolute atomic E-state index is 0.00565. The predicted molar refractivity (Wildman–Crippen MR) is 103 cm³/mol. The highest BCUT2D eigenvalue weighted by molar-refractivity contribution is 6.44. The van der Waals surface area contributed by atoms with Crippen molar-refractivity contribution < 1.29 is 14.5 Å². The van der Waals surface area contributed by atoms with Crippen LogP contribution in [0, 0.1) is 23.0 Å². The Morgan fingerprint density at radius 3 is 2.74 bits per heavy atom. The highest BCUT2D eigenvalue weighted by Gasteiger charge is 2.36. The summed E-state index contributed by atoms with van der Waals surface area (Å²) < 4.78 is 0. The Balaban J connectivity index is 1.77. The molecule has 7 nitrogen and oxygen atoms in total. The SMILES string of the molecule is Cc1ccc(N2C[C@@H](C(=O)Nc3cccc(Cl)c3Cl)CC2=O)cc1[N+](=O)[O-]. The van der Waals surface area contributed by atoms with Gasteiger partial charge in [0.25, 0.3) is 5.69 Å². The van der Waals surface area contributed by atoms with Crippen LogP contribution in [0.15, 0.2) is 36.4 Å². The average molecular weight is 408 g/mol. The van der Waals surface area contributed by atoms with Gasteiger partial charge in [0.15, 0.2) is 0 Å². The normalized spacial score (nSPS) is 16.5. The molecular formula is C18H15Cl2N3O4. The van der Waals surface area contributed by atoms with Gasteiger partial charge in [-0.25, -0.2) is 0 Å². The van der Waals surface area contributed by atoms with Gasteiger partial charge in [0, 0.05) is 24.6 Å². The van der Waals surface area contributed by atoms with Crippen molar-refractivity contribution in [3.05, 3.63) is 62.1 Å². The van der Waals surface area contributed by atoms with E-state index in [1.54, 1.807) is 37.3 Å². The Hall–Kier alpha value is -2.64. The van der Waals surface area contributed by atoms with E-state index in [-0.39, 0.29) is 35.5 Å². The first-order valence-electron chi connectivity index (χ1n) is 8.08. The number of nitro groups is 1. The second-order valence-corrected chi connectivity index (χ2v) is 7.01. The number of carbonyl (C=O) groups is 2. The summed E-state index contributed by atoms with van der Waals surface area (Å²) in [6.45, 7) is 1.75. The molecule has 2 amide bonds. The van der Waals surface area contributed by atoms with Crippen LogP contribution < -0.4 is 10.2 Å². The Morgan fingerprint density at radius 1 is 1.30 bits per heavy atom. The third-order valence-electron chi connectivity index (χ3n) is 4.41. The molecule has 1 heterocycles. The summed E-state index contributed by atoms with van der Waals surface area (Å²) in [6, 6.07) is 9.44. The van der Waals surface area contributed by atoms with E-state index in [0.29, 0.717) is 22.0 Å².